The highest BCUT2D eigenvalue weighted by atomic mass is 32.2. The summed E-state index contributed by atoms with van der Waals surface area (Å²) in [5, 5.41) is 10.5. The summed E-state index contributed by atoms with van der Waals surface area (Å²) in [4.78, 5) is 24.4. The number of carbonyl (C=O) groups is 2. The largest absolute Gasteiger partial charge is 0.348 e. The van der Waals surface area contributed by atoms with Crippen molar-refractivity contribution in [3.05, 3.63) is 65.7 Å². The van der Waals surface area contributed by atoms with Gasteiger partial charge in [-0.1, -0.05) is 30.3 Å². The second-order valence-corrected chi connectivity index (χ2v) is 7.47. The molecule has 26 heavy (non-hydrogen) atoms. The van der Waals surface area contributed by atoms with Gasteiger partial charge in [0.25, 0.3) is 5.91 Å². The number of amides is 2. The van der Waals surface area contributed by atoms with Gasteiger partial charge in [-0.05, 0) is 43.7 Å². The maximum atomic E-state index is 12.3. The van der Waals surface area contributed by atoms with E-state index in [1.165, 1.54) is 12.1 Å². The Morgan fingerprint density at radius 2 is 1.50 bits per heavy atom. The summed E-state index contributed by atoms with van der Waals surface area (Å²) in [6, 6.07) is 13.4. The maximum absolute atomic E-state index is 12.3. The quantitative estimate of drug-likeness (QED) is 0.706. The third kappa shape index (κ3) is 5.14. The van der Waals surface area contributed by atoms with E-state index in [0.717, 1.165) is 0 Å². The number of carbonyl (C=O) groups excluding carboxylic acids is 2. The number of benzene rings is 2. The molecular weight excluding hydrogens is 354 g/mol. The van der Waals surface area contributed by atoms with Gasteiger partial charge >= 0.3 is 0 Å². The van der Waals surface area contributed by atoms with Crippen molar-refractivity contribution in [1.29, 1.82) is 0 Å². The van der Waals surface area contributed by atoms with Crippen LogP contribution in [-0.2, 0) is 14.8 Å². The van der Waals surface area contributed by atoms with Crippen molar-refractivity contribution in [3.63, 3.8) is 0 Å². The molecule has 2 atom stereocenters. The van der Waals surface area contributed by atoms with E-state index in [1.54, 1.807) is 56.3 Å². The molecule has 0 aliphatic rings. The van der Waals surface area contributed by atoms with Gasteiger partial charge in [0.1, 0.15) is 6.04 Å². The number of nitrogens with two attached hydrogens (primary N) is 1. The monoisotopic (exact) mass is 375 g/mol. The lowest BCUT2D eigenvalue weighted by atomic mass is 10.1. The minimum Gasteiger partial charge on any atom is -0.348 e. The Morgan fingerprint density at radius 3 is 2.04 bits per heavy atom. The molecule has 0 fully saturated rings. The van der Waals surface area contributed by atoms with Crippen molar-refractivity contribution in [2.24, 2.45) is 5.14 Å². The average molecular weight is 375 g/mol. The standard InChI is InChI=1S/C18H21N3O4S/c1-12(14-8-10-16(11-9-14)26(19,24)25)20-17(22)13(2)21-18(23)15-6-4-3-5-7-15/h3-13H,1-2H3,(H,20,22)(H,21,23)(H2,19,24,25)/t12-,13+/m0/s1. The molecule has 0 aliphatic heterocycles. The molecule has 0 heterocycles. The van der Waals surface area contributed by atoms with Gasteiger partial charge < -0.3 is 10.6 Å². The van der Waals surface area contributed by atoms with Gasteiger partial charge in [0.05, 0.1) is 10.9 Å². The summed E-state index contributed by atoms with van der Waals surface area (Å²) >= 11 is 0. The van der Waals surface area contributed by atoms with E-state index in [-0.39, 0.29) is 22.8 Å². The van der Waals surface area contributed by atoms with Gasteiger partial charge in [0, 0.05) is 5.56 Å². The second kappa shape index (κ2) is 8.11. The molecular formula is C18H21N3O4S. The van der Waals surface area contributed by atoms with E-state index < -0.39 is 16.1 Å². The molecule has 0 aromatic heterocycles. The van der Waals surface area contributed by atoms with Crippen LogP contribution in [0.3, 0.4) is 0 Å². The molecule has 0 radical (unpaired) electrons. The molecule has 0 saturated heterocycles. The third-order valence-corrected chi connectivity index (χ3v) is 4.77. The smallest absolute Gasteiger partial charge is 0.251 e. The summed E-state index contributed by atoms with van der Waals surface area (Å²) in [5.41, 5.74) is 1.19. The molecule has 0 saturated carbocycles. The molecule has 0 aliphatic carbocycles. The van der Waals surface area contributed by atoms with Gasteiger partial charge in [0.2, 0.25) is 15.9 Å². The predicted molar refractivity (Wildman–Crippen MR) is 97.7 cm³/mol. The SMILES string of the molecule is C[C@H](NC(=O)[C@@H](C)NC(=O)c1ccccc1)c1ccc(S(N)(=O)=O)cc1. The third-order valence-electron chi connectivity index (χ3n) is 3.84. The summed E-state index contributed by atoms with van der Waals surface area (Å²) in [6.07, 6.45) is 0. The van der Waals surface area contributed by atoms with Crippen LogP contribution in [0.1, 0.15) is 35.8 Å². The maximum Gasteiger partial charge on any atom is 0.251 e. The summed E-state index contributed by atoms with van der Waals surface area (Å²) < 4.78 is 22.5. The fourth-order valence-electron chi connectivity index (χ4n) is 2.30. The number of rotatable bonds is 6. The number of hydrogen-bond acceptors (Lipinski definition) is 4. The van der Waals surface area contributed by atoms with Crippen LogP contribution in [0.2, 0.25) is 0 Å². The Hall–Kier alpha value is -2.71. The first-order valence-corrected chi connectivity index (χ1v) is 9.52. The van der Waals surface area contributed by atoms with Crippen LogP contribution in [0, 0.1) is 0 Å². The van der Waals surface area contributed by atoms with Crippen LogP contribution in [0.25, 0.3) is 0 Å². The molecule has 2 rings (SSSR count). The Bertz CT molecular complexity index is 880. The molecule has 4 N–H and O–H groups in total. The highest BCUT2D eigenvalue weighted by molar-refractivity contribution is 7.89. The first-order chi connectivity index (χ1) is 12.2. The van der Waals surface area contributed by atoms with Crippen LogP contribution in [0.4, 0.5) is 0 Å². The minimum absolute atomic E-state index is 0.00303. The lowest BCUT2D eigenvalue weighted by Gasteiger charge is -2.19. The minimum atomic E-state index is -3.76. The molecule has 7 nitrogen and oxygen atoms in total. The zero-order valence-corrected chi connectivity index (χ0v) is 15.3. The van der Waals surface area contributed by atoms with E-state index in [9.17, 15) is 18.0 Å². The van der Waals surface area contributed by atoms with Crippen molar-refractivity contribution in [2.45, 2.75) is 30.8 Å². The summed E-state index contributed by atoms with van der Waals surface area (Å²) in [7, 11) is -3.76. The highest BCUT2D eigenvalue weighted by Crippen LogP contribution is 2.15. The predicted octanol–water partition coefficient (Wildman–Crippen LogP) is 1.33. The molecule has 138 valence electrons. The number of sulfonamides is 1. The fourth-order valence-corrected chi connectivity index (χ4v) is 2.82. The van der Waals surface area contributed by atoms with E-state index in [0.29, 0.717) is 11.1 Å². The summed E-state index contributed by atoms with van der Waals surface area (Å²) in [5.74, 6) is -0.685. The van der Waals surface area contributed by atoms with Gasteiger partial charge in [-0.15, -0.1) is 0 Å². The molecule has 8 heteroatoms. The van der Waals surface area contributed by atoms with Crippen LogP contribution >= 0.6 is 0 Å². The van der Waals surface area contributed by atoms with Gasteiger partial charge in [-0.25, -0.2) is 13.6 Å². The fraction of sp³-hybridized carbons (Fsp3) is 0.222. The Labute approximate surface area is 152 Å². The van der Waals surface area contributed by atoms with Crippen molar-refractivity contribution in [1.82, 2.24) is 10.6 Å². The first kappa shape index (κ1) is 19.6. The van der Waals surface area contributed by atoms with Crippen molar-refractivity contribution < 1.29 is 18.0 Å². The molecule has 2 aromatic carbocycles. The Morgan fingerprint density at radius 1 is 0.923 bits per heavy atom. The molecule has 0 bridgehead atoms. The van der Waals surface area contributed by atoms with Gasteiger partial charge in [-0.2, -0.15) is 0 Å². The van der Waals surface area contributed by atoms with Crippen LogP contribution in [-0.4, -0.2) is 26.3 Å². The van der Waals surface area contributed by atoms with Crippen LogP contribution < -0.4 is 15.8 Å². The van der Waals surface area contributed by atoms with Crippen LogP contribution in [0.15, 0.2) is 59.5 Å². The number of hydrogen-bond donors (Lipinski definition) is 3. The zero-order chi connectivity index (χ0) is 19.3. The van der Waals surface area contributed by atoms with Gasteiger partial charge in [-0.3, -0.25) is 9.59 Å². The van der Waals surface area contributed by atoms with Crippen molar-refractivity contribution in [2.75, 3.05) is 0 Å². The molecule has 0 spiro atoms. The Balaban J connectivity index is 1.96. The van der Waals surface area contributed by atoms with Gasteiger partial charge in [0.15, 0.2) is 0 Å². The zero-order valence-electron chi connectivity index (χ0n) is 14.5. The topological polar surface area (TPSA) is 118 Å². The lowest BCUT2D eigenvalue weighted by molar-refractivity contribution is -0.123. The lowest BCUT2D eigenvalue weighted by Crippen LogP contribution is -2.45. The highest BCUT2D eigenvalue weighted by Gasteiger charge is 2.19. The molecule has 2 aromatic rings. The van der Waals surface area contributed by atoms with E-state index in [2.05, 4.69) is 10.6 Å². The molecule has 2 amide bonds. The van der Waals surface area contributed by atoms with E-state index in [4.69, 9.17) is 5.14 Å². The second-order valence-electron chi connectivity index (χ2n) is 5.91. The normalized spacial score (nSPS) is 13.5. The van der Waals surface area contributed by atoms with Crippen LogP contribution in [0.5, 0.6) is 0 Å². The Kier molecular flexibility index (Phi) is 6.12. The number of primary sulfonamides is 1. The van der Waals surface area contributed by atoms with E-state index in [1.807, 2.05) is 0 Å². The molecule has 0 unspecified atom stereocenters. The van der Waals surface area contributed by atoms with Crippen molar-refractivity contribution >= 4 is 21.8 Å². The first-order valence-electron chi connectivity index (χ1n) is 7.97. The number of nitrogens with one attached hydrogen (secondary N) is 2. The summed E-state index contributed by atoms with van der Waals surface area (Å²) in [6.45, 7) is 3.35. The van der Waals surface area contributed by atoms with E-state index >= 15 is 0 Å². The van der Waals surface area contributed by atoms with Crippen molar-refractivity contribution in [3.8, 4) is 0 Å². The average Bonchev–Trinajstić information content (AvgIpc) is 2.61.